The second-order valence-electron chi connectivity index (χ2n) is 3.81. The molecule has 2 aromatic rings. The van der Waals surface area contributed by atoms with Gasteiger partial charge in [-0.3, -0.25) is 4.79 Å². The van der Waals surface area contributed by atoms with E-state index in [4.69, 9.17) is 4.74 Å². The van der Waals surface area contributed by atoms with Crippen molar-refractivity contribution in [2.24, 2.45) is 0 Å². The van der Waals surface area contributed by atoms with Crippen molar-refractivity contribution in [3.05, 3.63) is 64.1 Å². The van der Waals surface area contributed by atoms with Crippen LogP contribution in [0.2, 0.25) is 0 Å². The van der Waals surface area contributed by atoms with Gasteiger partial charge in [-0.15, -0.1) is 0 Å². The normalized spacial score (nSPS) is 9.37. The minimum absolute atomic E-state index is 0.203. The maximum atomic E-state index is 11.9. The minimum atomic E-state index is -0.203. The first kappa shape index (κ1) is 13.4. The standard InChI is InChI=1S/C16H11BrO2/c1-19-15-9-5-13(6-10-15)16(18)11-4-12-2-7-14(17)8-3-12/h2-3,5-10H,1H3. The van der Waals surface area contributed by atoms with Crippen LogP contribution < -0.4 is 4.74 Å². The van der Waals surface area contributed by atoms with Gasteiger partial charge in [0, 0.05) is 15.6 Å². The summed E-state index contributed by atoms with van der Waals surface area (Å²) in [5.74, 6) is 5.99. The summed E-state index contributed by atoms with van der Waals surface area (Å²) in [7, 11) is 1.59. The molecule has 0 atom stereocenters. The summed E-state index contributed by atoms with van der Waals surface area (Å²) >= 11 is 3.35. The van der Waals surface area contributed by atoms with Crippen molar-refractivity contribution in [1.82, 2.24) is 0 Å². The molecule has 0 N–H and O–H groups in total. The van der Waals surface area contributed by atoms with E-state index in [-0.39, 0.29) is 5.78 Å². The molecule has 0 spiro atoms. The zero-order valence-electron chi connectivity index (χ0n) is 10.3. The first-order chi connectivity index (χ1) is 9.19. The lowest BCUT2D eigenvalue weighted by Gasteiger charge is -1.98. The molecule has 2 nitrogen and oxygen atoms in total. The Hall–Kier alpha value is -2.05. The summed E-state index contributed by atoms with van der Waals surface area (Å²) < 4.78 is 6.02. The van der Waals surface area contributed by atoms with Crippen LogP contribution in [0, 0.1) is 11.8 Å². The van der Waals surface area contributed by atoms with Crippen LogP contribution in [0.3, 0.4) is 0 Å². The molecule has 0 saturated heterocycles. The van der Waals surface area contributed by atoms with Crippen LogP contribution in [0.4, 0.5) is 0 Å². The molecule has 19 heavy (non-hydrogen) atoms. The van der Waals surface area contributed by atoms with E-state index < -0.39 is 0 Å². The molecule has 2 rings (SSSR count). The minimum Gasteiger partial charge on any atom is -0.497 e. The van der Waals surface area contributed by atoms with Crippen molar-refractivity contribution >= 4 is 21.7 Å². The van der Waals surface area contributed by atoms with Crippen LogP contribution in [0.1, 0.15) is 15.9 Å². The van der Waals surface area contributed by atoms with Crippen molar-refractivity contribution in [1.29, 1.82) is 0 Å². The highest BCUT2D eigenvalue weighted by Gasteiger charge is 2.01. The van der Waals surface area contributed by atoms with Crippen LogP contribution in [-0.2, 0) is 0 Å². The van der Waals surface area contributed by atoms with Gasteiger partial charge in [0.25, 0.3) is 0 Å². The third-order valence-electron chi connectivity index (χ3n) is 2.52. The van der Waals surface area contributed by atoms with Gasteiger partial charge in [-0.2, -0.15) is 0 Å². The molecule has 0 radical (unpaired) electrons. The fraction of sp³-hybridized carbons (Fsp3) is 0.0625. The smallest absolute Gasteiger partial charge is 0.236 e. The lowest BCUT2D eigenvalue weighted by atomic mass is 10.1. The highest BCUT2D eigenvalue weighted by molar-refractivity contribution is 9.10. The van der Waals surface area contributed by atoms with Crippen molar-refractivity contribution in [3.8, 4) is 17.6 Å². The van der Waals surface area contributed by atoms with Crippen LogP contribution in [0.5, 0.6) is 5.75 Å². The third-order valence-corrected chi connectivity index (χ3v) is 3.05. The van der Waals surface area contributed by atoms with Gasteiger partial charge < -0.3 is 4.74 Å². The quantitative estimate of drug-likeness (QED) is 0.624. The molecule has 0 unspecified atom stereocenters. The molecule has 0 fully saturated rings. The average Bonchev–Trinajstić information content (AvgIpc) is 2.46. The van der Waals surface area contributed by atoms with Gasteiger partial charge in [-0.25, -0.2) is 0 Å². The van der Waals surface area contributed by atoms with Crippen molar-refractivity contribution in [3.63, 3.8) is 0 Å². The Labute approximate surface area is 120 Å². The summed E-state index contributed by atoms with van der Waals surface area (Å²) in [6.07, 6.45) is 0. The lowest BCUT2D eigenvalue weighted by Crippen LogP contribution is -1.95. The molecule has 0 aliphatic heterocycles. The fourth-order valence-electron chi connectivity index (χ4n) is 1.48. The van der Waals surface area contributed by atoms with Gasteiger partial charge in [-0.05, 0) is 54.5 Å². The molecule has 94 valence electrons. The zero-order valence-corrected chi connectivity index (χ0v) is 11.9. The van der Waals surface area contributed by atoms with Crippen LogP contribution in [0.15, 0.2) is 53.0 Å². The van der Waals surface area contributed by atoms with E-state index in [1.165, 1.54) is 0 Å². The van der Waals surface area contributed by atoms with E-state index in [9.17, 15) is 4.79 Å². The topological polar surface area (TPSA) is 26.3 Å². The van der Waals surface area contributed by atoms with E-state index in [0.717, 1.165) is 15.8 Å². The molecule has 0 bridgehead atoms. The molecule has 0 aliphatic rings. The highest BCUT2D eigenvalue weighted by Crippen LogP contribution is 2.12. The van der Waals surface area contributed by atoms with E-state index in [0.29, 0.717) is 5.56 Å². The lowest BCUT2D eigenvalue weighted by molar-refractivity contribution is 0.105. The molecule has 3 heteroatoms. The number of rotatable bonds is 2. The molecule has 0 amide bonds. The molecule has 0 heterocycles. The third kappa shape index (κ3) is 3.70. The van der Waals surface area contributed by atoms with E-state index in [1.807, 2.05) is 24.3 Å². The summed E-state index contributed by atoms with van der Waals surface area (Å²) in [5.41, 5.74) is 1.37. The number of benzene rings is 2. The van der Waals surface area contributed by atoms with Gasteiger partial charge in [-0.1, -0.05) is 21.9 Å². The number of carbonyl (C=O) groups is 1. The number of Topliss-reactive ketones (excluding diaryl/α,β-unsaturated/α-hetero) is 1. The predicted molar refractivity (Wildman–Crippen MR) is 78.3 cm³/mol. The Morgan fingerprint density at radius 3 is 2.26 bits per heavy atom. The van der Waals surface area contributed by atoms with Crippen LogP contribution >= 0.6 is 15.9 Å². The van der Waals surface area contributed by atoms with Crippen molar-refractivity contribution < 1.29 is 9.53 Å². The molecule has 2 aromatic carbocycles. The maximum Gasteiger partial charge on any atom is 0.236 e. The largest absolute Gasteiger partial charge is 0.497 e. The molecule has 0 aromatic heterocycles. The predicted octanol–water partition coefficient (Wildman–Crippen LogP) is 3.69. The van der Waals surface area contributed by atoms with Gasteiger partial charge in [0.05, 0.1) is 7.11 Å². The van der Waals surface area contributed by atoms with Crippen LogP contribution in [0.25, 0.3) is 0 Å². The Bertz CT molecular complexity index is 631. The number of hydrogen-bond acceptors (Lipinski definition) is 2. The molecule has 0 saturated carbocycles. The maximum absolute atomic E-state index is 11.9. The second-order valence-corrected chi connectivity index (χ2v) is 4.73. The number of halogens is 1. The first-order valence-electron chi connectivity index (χ1n) is 5.65. The monoisotopic (exact) mass is 314 g/mol. The number of carbonyl (C=O) groups excluding carboxylic acids is 1. The van der Waals surface area contributed by atoms with Gasteiger partial charge >= 0.3 is 0 Å². The average molecular weight is 315 g/mol. The van der Waals surface area contributed by atoms with E-state index >= 15 is 0 Å². The summed E-state index contributed by atoms with van der Waals surface area (Å²) in [4.78, 5) is 11.9. The van der Waals surface area contributed by atoms with Crippen molar-refractivity contribution in [2.75, 3.05) is 7.11 Å². The summed E-state index contributed by atoms with van der Waals surface area (Å²) in [5, 5.41) is 0. The first-order valence-corrected chi connectivity index (χ1v) is 6.44. The van der Waals surface area contributed by atoms with Gasteiger partial charge in [0.2, 0.25) is 5.78 Å². The molecular weight excluding hydrogens is 304 g/mol. The Balaban J connectivity index is 2.14. The number of ether oxygens (including phenoxy) is 1. The summed E-state index contributed by atoms with van der Waals surface area (Å²) in [6.45, 7) is 0. The zero-order chi connectivity index (χ0) is 13.7. The Morgan fingerprint density at radius 1 is 1.05 bits per heavy atom. The van der Waals surface area contributed by atoms with Crippen molar-refractivity contribution in [2.45, 2.75) is 0 Å². The second kappa shape index (κ2) is 6.21. The number of hydrogen-bond donors (Lipinski definition) is 0. The van der Waals surface area contributed by atoms with E-state index in [1.54, 1.807) is 31.4 Å². The van der Waals surface area contributed by atoms with Gasteiger partial charge in [0.1, 0.15) is 5.75 Å². The number of ketones is 1. The molecule has 0 aliphatic carbocycles. The van der Waals surface area contributed by atoms with Gasteiger partial charge in [0.15, 0.2) is 0 Å². The number of methoxy groups -OCH3 is 1. The highest BCUT2D eigenvalue weighted by atomic mass is 79.9. The molecular formula is C16H11BrO2. The summed E-state index contributed by atoms with van der Waals surface area (Å²) in [6, 6.07) is 14.4. The fourth-order valence-corrected chi connectivity index (χ4v) is 1.74. The van der Waals surface area contributed by atoms with Crippen LogP contribution in [-0.4, -0.2) is 12.9 Å². The SMILES string of the molecule is COc1ccc(C(=O)C#Cc2ccc(Br)cc2)cc1. The Kier molecular flexibility index (Phi) is 4.38. The Morgan fingerprint density at radius 2 is 1.68 bits per heavy atom. The van der Waals surface area contributed by atoms with E-state index in [2.05, 4.69) is 27.8 Å².